The first-order valence-electron chi connectivity index (χ1n) is 8.38. The highest BCUT2D eigenvalue weighted by Gasteiger charge is 2.16. The smallest absolute Gasteiger partial charge is 0.240 e. The summed E-state index contributed by atoms with van der Waals surface area (Å²) in [6.45, 7) is 1.91. The van der Waals surface area contributed by atoms with Crippen molar-refractivity contribution in [2.24, 2.45) is 0 Å². The molecule has 0 bridgehead atoms. The molecule has 0 saturated heterocycles. The number of benzene rings is 1. The van der Waals surface area contributed by atoms with Gasteiger partial charge in [0.05, 0.1) is 12.4 Å². The summed E-state index contributed by atoms with van der Waals surface area (Å²) < 4.78 is 1.40. The Labute approximate surface area is 146 Å². The molecule has 1 aromatic carbocycles. The quantitative estimate of drug-likeness (QED) is 0.929. The van der Waals surface area contributed by atoms with Gasteiger partial charge in [0.1, 0.15) is 18.7 Å². The molecule has 0 radical (unpaired) electrons. The minimum atomic E-state index is -0.219. The van der Waals surface area contributed by atoms with Gasteiger partial charge >= 0.3 is 0 Å². The SMILES string of the molecule is CC(NC(=O)Cn1cnc(C#N)c1C#N)c1ccc2c(c1)CCCC2. The molecule has 1 unspecified atom stereocenters. The predicted molar refractivity (Wildman–Crippen MR) is 91.3 cm³/mol. The molecule has 126 valence electrons. The van der Waals surface area contributed by atoms with Crippen LogP contribution in [0.4, 0.5) is 0 Å². The molecular weight excluding hydrogens is 314 g/mol. The zero-order valence-corrected chi connectivity index (χ0v) is 14.1. The molecule has 3 rings (SSSR count). The van der Waals surface area contributed by atoms with Gasteiger partial charge < -0.3 is 9.88 Å². The van der Waals surface area contributed by atoms with E-state index in [1.807, 2.05) is 19.1 Å². The van der Waals surface area contributed by atoms with E-state index in [9.17, 15) is 4.79 Å². The third kappa shape index (κ3) is 3.54. The van der Waals surface area contributed by atoms with Gasteiger partial charge in [-0.3, -0.25) is 4.79 Å². The molecular formula is C19H19N5O. The van der Waals surface area contributed by atoms with Crippen molar-refractivity contribution in [2.45, 2.75) is 45.2 Å². The summed E-state index contributed by atoms with van der Waals surface area (Å²) in [5.41, 5.74) is 4.02. The van der Waals surface area contributed by atoms with Gasteiger partial charge in [0.15, 0.2) is 11.4 Å². The Kier molecular flexibility index (Phi) is 4.81. The van der Waals surface area contributed by atoms with Crippen LogP contribution in [-0.4, -0.2) is 15.5 Å². The molecule has 1 atom stereocenters. The third-order valence-corrected chi connectivity index (χ3v) is 4.61. The first-order valence-corrected chi connectivity index (χ1v) is 8.38. The molecule has 1 aliphatic rings. The second kappa shape index (κ2) is 7.19. The normalized spacial score (nSPS) is 14.0. The van der Waals surface area contributed by atoms with E-state index in [-0.39, 0.29) is 29.9 Å². The van der Waals surface area contributed by atoms with Gasteiger partial charge in [-0.05, 0) is 49.3 Å². The average Bonchev–Trinajstić information content (AvgIpc) is 3.02. The van der Waals surface area contributed by atoms with Crippen LogP contribution in [0.2, 0.25) is 0 Å². The van der Waals surface area contributed by atoms with Crippen molar-refractivity contribution >= 4 is 5.91 Å². The summed E-state index contributed by atoms with van der Waals surface area (Å²) in [6, 6.07) is 10.1. The number of aromatic nitrogens is 2. The molecule has 1 heterocycles. The molecule has 6 nitrogen and oxygen atoms in total. The van der Waals surface area contributed by atoms with Crippen LogP contribution in [-0.2, 0) is 24.2 Å². The van der Waals surface area contributed by atoms with Crippen LogP contribution in [0.1, 0.15) is 53.9 Å². The van der Waals surface area contributed by atoms with Crippen molar-refractivity contribution in [1.82, 2.24) is 14.9 Å². The molecule has 0 saturated carbocycles. The molecule has 2 aromatic rings. The van der Waals surface area contributed by atoms with E-state index in [1.54, 1.807) is 0 Å². The second-order valence-corrected chi connectivity index (χ2v) is 6.32. The number of carbonyl (C=O) groups is 1. The lowest BCUT2D eigenvalue weighted by molar-refractivity contribution is -0.122. The number of aryl methyl sites for hydroxylation is 2. The van der Waals surface area contributed by atoms with Gasteiger partial charge in [0.2, 0.25) is 5.91 Å². The second-order valence-electron chi connectivity index (χ2n) is 6.32. The number of nitrogens with one attached hydrogen (secondary N) is 1. The Morgan fingerprint density at radius 2 is 2.04 bits per heavy atom. The third-order valence-electron chi connectivity index (χ3n) is 4.61. The van der Waals surface area contributed by atoms with Crippen molar-refractivity contribution < 1.29 is 4.79 Å². The lowest BCUT2D eigenvalue weighted by Crippen LogP contribution is -2.30. The van der Waals surface area contributed by atoms with E-state index >= 15 is 0 Å². The summed E-state index contributed by atoms with van der Waals surface area (Å²) in [7, 11) is 0. The lowest BCUT2D eigenvalue weighted by atomic mass is 9.89. The number of rotatable bonds is 4. The molecule has 1 amide bonds. The fraction of sp³-hybridized carbons (Fsp3) is 0.368. The number of imidazole rings is 1. The van der Waals surface area contributed by atoms with E-state index in [0.29, 0.717) is 0 Å². The number of hydrogen-bond acceptors (Lipinski definition) is 4. The Morgan fingerprint density at radius 3 is 2.76 bits per heavy atom. The fourth-order valence-corrected chi connectivity index (χ4v) is 3.25. The minimum Gasteiger partial charge on any atom is -0.348 e. The highest BCUT2D eigenvalue weighted by atomic mass is 16.2. The van der Waals surface area contributed by atoms with Crippen molar-refractivity contribution in [3.63, 3.8) is 0 Å². The molecule has 25 heavy (non-hydrogen) atoms. The van der Waals surface area contributed by atoms with E-state index in [1.165, 1.54) is 34.9 Å². The summed E-state index contributed by atoms with van der Waals surface area (Å²) >= 11 is 0. The molecule has 1 aromatic heterocycles. The zero-order valence-electron chi connectivity index (χ0n) is 14.1. The Morgan fingerprint density at radius 1 is 1.28 bits per heavy atom. The van der Waals surface area contributed by atoms with Gasteiger partial charge in [-0.1, -0.05) is 18.2 Å². The highest BCUT2D eigenvalue weighted by Crippen LogP contribution is 2.24. The topological polar surface area (TPSA) is 94.5 Å². The predicted octanol–water partition coefficient (Wildman–Crippen LogP) is 2.38. The fourth-order valence-electron chi connectivity index (χ4n) is 3.25. The van der Waals surface area contributed by atoms with E-state index in [2.05, 4.69) is 28.5 Å². The van der Waals surface area contributed by atoms with Crippen molar-refractivity contribution in [3.05, 3.63) is 52.6 Å². The number of fused-ring (bicyclic) bond motifs is 1. The van der Waals surface area contributed by atoms with E-state index in [0.717, 1.165) is 18.4 Å². The molecule has 1 N–H and O–H groups in total. The molecule has 0 aliphatic heterocycles. The monoisotopic (exact) mass is 333 g/mol. The van der Waals surface area contributed by atoms with Crippen LogP contribution in [0, 0.1) is 22.7 Å². The van der Waals surface area contributed by atoms with Crippen LogP contribution in [0.3, 0.4) is 0 Å². The van der Waals surface area contributed by atoms with E-state index < -0.39 is 0 Å². The Bertz CT molecular complexity index is 884. The number of nitrogens with zero attached hydrogens (tertiary/aromatic N) is 4. The maximum atomic E-state index is 12.3. The summed E-state index contributed by atoms with van der Waals surface area (Å²) in [6.07, 6.45) is 6.04. The van der Waals surface area contributed by atoms with Crippen molar-refractivity contribution in [2.75, 3.05) is 0 Å². The maximum Gasteiger partial charge on any atom is 0.240 e. The summed E-state index contributed by atoms with van der Waals surface area (Å²) in [4.78, 5) is 16.1. The van der Waals surface area contributed by atoms with Crippen LogP contribution in [0.15, 0.2) is 24.5 Å². The Balaban J connectivity index is 1.68. The Hall–Kier alpha value is -3.12. The zero-order chi connectivity index (χ0) is 17.8. The number of amides is 1. The molecule has 0 fully saturated rings. The van der Waals surface area contributed by atoms with Gasteiger partial charge in [0, 0.05) is 0 Å². The van der Waals surface area contributed by atoms with Crippen LogP contribution in [0.25, 0.3) is 0 Å². The largest absolute Gasteiger partial charge is 0.348 e. The standard InChI is InChI=1S/C19H19N5O/c1-13(15-7-6-14-4-2-3-5-16(14)8-15)23-19(25)11-24-12-22-17(9-20)18(24)10-21/h6-8,12-13H,2-5,11H2,1H3,(H,23,25). The van der Waals surface area contributed by atoms with Crippen LogP contribution < -0.4 is 5.32 Å². The van der Waals surface area contributed by atoms with Crippen LogP contribution in [0.5, 0.6) is 0 Å². The maximum absolute atomic E-state index is 12.3. The molecule has 1 aliphatic carbocycles. The minimum absolute atomic E-state index is 0.0349. The van der Waals surface area contributed by atoms with Gasteiger partial charge in [-0.15, -0.1) is 0 Å². The molecule has 6 heteroatoms. The lowest BCUT2D eigenvalue weighted by Gasteiger charge is -2.20. The van der Waals surface area contributed by atoms with Gasteiger partial charge in [0.25, 0.3) is 0 Å². The first kappa shape index (κ1) is 16.7. The number of hydrogen-bond donors (Lipinski definition) is 1. The van der Waals surface area contributed by atoms with Gasteiger partial charge in [-0.2, -0.15) is 10.5 Å². The van der Waals surface area contributed by atoms with Crippen LogP contribution >= 0.6 is 0 Å². The number of carbonyl (C=O) groups excluding carboxylic acids is 1. The van der Waals surface area contributed by atoms with Gasteiger partial charge in [-0.25, -0.2) is 4.98 Å². The number of nitriles is 2. The first-order chi connectivity index (χ1) is 12.1. The summed E-state index contributed by atoms with van der Waals surface area (Å²) in [5, 5.41) is 21.0. The summed E-state index contributed by atoms with van der Waals surface area (Å²) in [5.74, 6) is -0.219. The average molecular weight is 333 g/mol. The van der Waals surface area contributed by atoms with E-state index in [4.69, 9.17) is 10.5 Å². The van der Waals surface area contributed by atoms with Crippen molar-refractivity contribution in [3.8, 4) is 12.1 Å². The van der Waals surface area contributed by atoms with Crippen molar-refractivity contribution in [1.29, 1.82) is 10.5 Å². The highest BCUT2D eigenvalue weighted by molar-refractivity contribution is 5.76. The molecule has 0 spiro atoms.